The van der Waals surface area contributed by atoms with E-state index in [0.717, 1.165) is 23.7 Å². The zero-order valence-electron chi connectivity index (χ0n) is 11.0. The maximum atomic E-state index is 6.14. The molecule has 0 unspecified atom stereocenters. The standard InChI is InChI=1S/C17H15ClN2/c18-17-4-2-1-3-16(17)12-20-10-13-5-6-15-11-19-8-7-14(15)9-13/h1-9,11,20H,10,12H2. The summed E-state index contributed by atoms with van der Waals surface area (Å²) in [4.78, 5) is 4.12. The van der Waals surface area contributed by atoms with Crippen LogP contribution in [0.25, 0.3) is 10.8 Å². The molecule has 1 N–H and O–H groups in total. The fourth-order valence-electron chi connectivity index (χ4n) is 2.23. The Morgan fingerprint density at radius 1 is 0.950 bits per heavy atom. The lowest BCUT2D eigenvalue weighted by atomic mass is 10.1. The minimum atomic E-state index is 0.772. The van der Waals surface area contributed by atoms with Crippen LogP contribution in [0.3, 0.4) is 0 Å². The normalized spacial score (nSPS) is 10.8. The van der Waals surface area contributed by atoms with Crippen molar-refractivity contribution in [2.75, 3.05) is 0 Å². The van der Waals surface area contributed by atoms with Crippen molar-refractivity contribution in [3.05, 3.63) is 77.1 Å². The number of benzene rings is 2. The van der Waals surface area contributed by atoms with Crippen LogP contribution >= 0.6 is 11.6 Å². The molecule has 3 aromatic rings. The minimum absolute atomic E-state index is 0.772. The van der Waals surface area contributed by atoms with Gasteiger partial charge in [0.25, 0.3) is 0 Å². The molecule has 0 radical (unpaired) electrons. The molecule has 0 amide bonds. The van der Waals surface area contributed by atoms with Gasteiger partial charge in [-0.1, -0.05) is 41.9 Å². The van der Waals surface area contributed by atoms with Crippen molar-refractivity contribution < 1.29 is 0 Å². The highest BCUT2D eigenvalue weighted by Gasteiger charge is 1.99. The lowest BCUT2D eigenvalue weighted by Crippen LogP contribution is -2.12. The van der Waals surface area contributed by atoms with E-state index in [9.17, 15) is 0 Å². The van der Waals surface area contributed by atoms with E-state index in [0.29, 0.717) is 0 Å². The summed E-state index contributed by atoms with van der Waals surface area (Å²) < 4.78 is 0. The third kappa shape index (κ3) is 2.98. The Kier molecular flexibility index (Phi) is 3.95. The molecule has 1 heterocycles. The Balaban J connectivity index is 1.67. The SMILES string of the molecule is Clc1ccccc1CNCc1ccc2cnccc2c1. The van der Waals surface area contributed by atoms with Gasteiger partial charge in [-0.2, -0.15) is 0 Å². The van der Waals surface area contributed by atoms with Crippen molar-refractivity contribution in [2.24, 2.45) is 0 Å². The van der Waals surface area contributed by atoms with Crippen LogP contribution in [-0.2, 0) is 13.1 Å². The number of rotatable bonds is 4. The number of nitrogens with one attached hydrogen (secondary N) is 1. The third-order valence-corrected chi connectivity index (χ3v) is 3.68. The molecule has 0 saturated heterocycles. The molecular formula is C17H15ClN2. The highest BCUT2D eigenvalue weighted by molar-refractivity contribution is 6.31. The van der Waals surface area contributed by atoms with Crippen LogP contribution in [0.4, 0.5) is 0 Å². The summed E-state index contributed by atoms with van der Waals surface area (Å²) in [5.41, 5.74) is 2.38. The van der Waals surface area contributed by atoms with E-state index < -0.39 is 0 Å². The first-order valence-corrected chi connectivity index (χ1v) is 6.97. The number of nitrogens with zero attached hydrogens (tertiary/aromatic N) is 1. The van der Waals surface area contributed by atoms with Gasteiger partial charge in [-0.3, -0.25) is 4.98 Å². The number of fused-ring (bicyclic) bond motifs is 1. The predicted octanol–water partition coefficient (Wildman–Crippen LogP) is 4.18. The molecule has 0 bridgehead atoms. The van der Waals surface area contributed by atoms with Crippen molar-refractivity contribution in [2.45, 2.75) is 13.1 Å². The van der Waals surface area contributed by atoms with Gasteiger partial charge >= 0.3 is 0 Å². The summed E-state index contributed by atoms with van der Waals surface area (Å²) in [6.07, 6.45) is 3.71. The van der Waals surface area contributed by atoms with E-state index in [2.05, 4.69) is 28.5 Å². The summed E-state index contributed by atoms with van der Waals surface area (Å²) >= 11 is 6.14. The van der Waals surface area contributed by atoms with Crippen LogP contribution < -0.4 is 5.32 Å². The van der Waals surface area contributed by atoms with Gasteiger partial charge < -0.3 is 5.32 Å². The molecule has 20 heavy (non-hydrogen) atoms. The van der Waals surface area contributed by atoms with Crippen molar-refractivity contribution in [3.63, 3.8) is 0 Å². The summed E-state index contributed by atoms with van der Waals surface area (Å²) in [5, 5.41) is 6.62. The molecule has 1 aromatic heterocycles. The van der Waals surface area contributed by atoms with E-state index >= 15 is 0 Å². The molecule has 0 aliphatic rings. The Hall–Kier alpha value is -1.90. The van der Waals surface area contributed by atoms with E-state index in [4.69, 9.17) is 11.6 Å². The summed E-state index contributed by atoms with van der Waals surface area (Å²) in [6, 6.07) is 16.4. The summed E-state index contributed by atoms with van der Waals surface area (Å²) in [6.45, 7) is 1.59. The molecule has 3 heteroatoms. The lowest BCUT2D eigenvalue weighted by molar-refractivity contribution is 0.694. The number of aromatic nitrogens is 1. The topological polar surface area (TPSA) is 24.9 Å². The van der Waals surface area contributed by atoms with Crippen LogP contribution in [0.15, 0.2) is 60.9 Å². The van der Waals surface area contributed by atoms with Gasteiger partial charge in [0.2, 0.25) is 0 Å². The molecule has 0 saturated carbocycles. The Bertz CT molecular complexity index is 725. The predicted molar refractivity (Wildman–Crippen MR) is 83.7 cm³/mol. The molecule has 100 valence electrons. The first kappa shape index (κ1) is 13.1. The van der Waals surface area contributed by atoms with Crippen molar-refractivity contribution in [1.29, 1.82) is 0 Å². The second kappa shape index (κ2) is 6.04. The zero-order valence-corrected chi connectivity index (χ0v) is 11.8. The highest BCUT2D eigenvalue weighted by Crippen LogP contribution is 2.16. The second-order valence-electron chi connectivity index (χ2n) is 4.75. The number of pyridine rings is 1. The monoisotopic (exact) mass is 282 g/mol. The fraction of sp³-hybridized carbons (Fsp3) is 0.118. The number of halogens is 1. The Labute approximate surface area is 123 Å². The molecule has 0 atom stereocenters. The first-order chi connectivity index (χ1) is 9.83. The molecule has 0 fully saturated rings. The molecule has 0 aliphatic heterocycles. The van der Waals surface area contributed by atoms with E-state index in [-0.39, 0.29) is 0 Å². The zero-order chi connectivity index (χ0) is 13.8. The lowest BCUT2D eigenvalue weighted by Gasteiger charge is -2.07. The average Bonchev–Trinajstić information content (AvgIpc) is 2.49. The summed E-state index contributed by atoms with van der Waals surface area (Å²) in [7, 11) is 0. The number of hydrogen-bond donors (Lipinski definition) is 1. The van der Waals surface area contributed by atoms with Gasteiger partial charge in [0.1, 0.15) is 0 Å². The molecule has 0 spiro atoms. The van der Waals surface area contributed by atoms with E-state index in [1.165, 1.54) is 16.3 Å². The van der Waals surface area contributed by atoms with Crippen molar-refractivity contribution in [1.82, 2.24) is 10.3 Å². The molecule has 2 aromatic carbocycles. The van der Waals surface area contributed by atoms with Crippen molar-refractivity contribution >= 4 is 22.4 Å². The van der Waals surface area contributed by atoms with Crippen LogP contribution in [0.1, 0.15) is 11.1 Å². The fourth-order valence-corrected chi connectivity index (χ4v) is 2.43. The van der Waals surface area contributed by atoms with Crippen LogP contribution in [0, 0.1) is 0 Å². The van der Waals surface area contributed by atoms with E-state index in [1.54, 1.807) is 0 Å². The van der Waals surface area contributed by atoms with Gasteiger partial charge in [0.05, 0.1) is 0 Å². The summed E-state index contributed by atoms with van der Waals surface area (Å²) in [5.74, 6) is 0. The van der Waals surface area contributed by atoms with E-state index in [1.807, 2.05) is 42.7 Å². The Morgan fingerprint density at radius 2 is 1.85 bits per heavy atom. The van der Waals surface area contributed by atoms with Gasteiger partial charge in [-0.05, 0) is 34.7 Å². The van der Waals surface area contributed by atoms with Gasteiger partial charge in [-0.25, -0.2) is 0 Å². The third-order valence-electron chi connectivity index (χ3n) is 3.31. The van der Waals surface area contributed by atoms with Crippen LogP contribution in [0.5, 0.6) is 0 Å². The molecule has 0 aliphatic carbocycles. The van der Waals surface area contributed by atoms with Crippen LogP contribution in [0.2, 0.25) is 5.02 Å². The maximum Gasteiger partial charge on any atom is 0.0450 e. The number of hydrogen-bond acceptors (Lipinski definition) is 2. The smallest absolute Gasteiger partial charge is 0.0450 e. The quantitative estimate of drug-likeness (QED) is 0.776. The average molecular weight is 283 g/mol. The van der Waals surface area contributed by atoms with Gasteiger partial charge in [0.15, 0.2) is 0 Å². The van der Waals surface area contributed by atoms with Crippen LogP contribution in [-0.4, -0.2) is 4.98 Å². The Morgan fingerprint density at radius 3 is 2.75 bits per heavy atom. The highest BCUT2D eigenvalue weighted by atomic mass is 35.5. The maximum absolute atomic E-state index is 6.14. The van der Waals surface area contributed by atoms with Gasteiger partial charge in [-0.15, -0.1) is 0 Å². The van der Waals surface area contributed by atoms with Gasteiger partial charge in [0, 0.05) is 35.9 Å². The minimum Gasteiger partial charge on any atom is -0.309 e. The molecular weight excluding hydrogens is 268 g/mol. The first-order valence-electron chi connectivity index (χ1n) is 6.60. The second-order valence-corrected chi connectivity index (χ2v) is 5.16. The largest absolute Gasteiger partial charge is 0.309 e. The molecule has 3 rings (SSSR count). The van der Waals surface area contributed by atoms with Crippen molar-refractivity contribution in [3.8, 4) is 0 Å². The molecule has 2 nitrogen and oxygen atoms in total.